The van der Waals surface area contributed by atoms with Crippen LogP contribution in [0.25, 0.3) is 16.5 Å². The summed E-state index contributed by atoms with van der Waals surface area (Å²) in [5, 5.41) is 27.5. The number of amides is 2. The van der Waals surface area contributed by atoms with Crippen LogP contribution in [0.1, 0.15) is 30.0 Å². The van der Waals surface area contributed by atoms with Gasteiger partial charge in [-0.05, 0) is 48.5 Å². The predicted molar refractivity (Wildman–Crippen MR) is 204 cm³/mol. The fraction of sp³-hybridized carbons (Fsp3) is 0.300. The fourth-order valence-corrected chi connectivity index (χ4v) is 10.9. The van der Waals surface area contributed by atoms with Gasteiger partial charge in [-0.25, -0.2) is 0 Å². The molecule has 2 amide bonds. The highest BCUT2D eigenvalue weighted by atomic mass is 28.4. The van der Waals surface area contributed by atoms with Crippen LogP contribution >= 0.6 is 0 Å². The number of ether oxygens (including phenoxy) is 1. The summed E-state index contributed by atoms with van der Waals surface area (Å²) in [6.45, 7) is 5.39. The molecule has 1 aromatic heterocycles. The Hall–Kier alpha value is -5.54. The molecule has 3 heterocycles. The van der Waals surface area contributed by atoms with E-state index < -0.39 is 42.3 Å². The number of rotatable bonds is 11. The van der Waals surface area contributed by atoms with E-state index in [0.29, 0.717) is 33.3 Å². The number of fused-ring (bicyclic) bond motifs is 3. The van der Waals surface area contributed by atoms with Gasteiger partial charge in [0.2, 0.25) is 5.91 Å². The maximum absolute atomic E-state index is 15.0. The number of hydrogen-bond acceptors (Lipinski definition) is 9. The highest BCUT2D eigenvalue weighted by Gasteiger charge is 2.66. The first-order valence-corrected chi connectivity index (χ1v) is 20.9. The summed E-state index contributed by atoms with van der Waals surface area (Å²) in [5.41, 5.74) is -0.126. The van der Waals surface area contributed by atoms with Gasteiger partial charge >= 0.3 is 0 Å². The third-order valence-corrected chi connectivity index (χ3v) is 13.2. The Morgan fingerprint density at radius 1 is 1.00 bits per heavy atom. The topological polar surface area (TPSA) is 168 Å². The summed E-state index contributed by atoms with van der Waals surface area (Å²) in [4.78, 5) is 68.6. The summed E-state index contributed by atoms with van der Waals surface area (Å²) in [7, 11) is -3.18. The zero-order valence-electron chi connectivity index (χ0n) is 30.2. The van der Waals surface area contributed by atoms with Gasteiger partial charge in [0.05, 0.1) is 53.6 Å². The lowest BCUT2D eigenvalue weighted by molar-refractivity contribution is -0.385. The van der Waals surface area contributed by atoms with Crippen LogP contribution in [0.4, 0.5) is 11.4 Å². The van der Waals surface area contributed by atoms with Gasteiger partial charge in [-0.1, -0.05) is 67.6 Å². The van der Waals surface area contributed by atoms with Gasteiger partial charge in [0.25, 0.3) is 17.2 Å². The van der Waals surface area contributed by atoms with Crippen molar-refractivity contribution >= 4 is 42.3 Å². The molecule has 5 aromatic rings. The lowest BCUT2D eigenvalue weighted by Gasteiger charge is -2.32. The zero-order valence-corrected chi connectivity index (χ0v) is 31.2. The Kier molecular flexibility index (Phi) is 9.79. The highest BCUT2D eigenvalue weighted by molar-refractivity contribution is 6.71. The number of carbonyl (C=O) groups is 2. The largest absolute Gasteiger partial charge is 0.432 e. The van der Waals surface area contributed by atoms with Crippen LogP contribution in [0.15, 0.2) is 108 Å². The monoisotopic (exact) mass is 747 g/mol. The molecule has 13 nitrogen and oxygen atoms in total. The summed E-state index contributed by atoms with van der Waals surface area (Å²) in [5.74, 6) is -1.46. The van der Waals surface area contributed by atoms with Crippen molar-refractivity contribution in [2.75, 3.05) is 18.1 Å². The minimum absolute atomic E-state index is 0.0349. The Morgan fingerprint density at radius 3 is 2.44 bits per heavy atom. The molecule has 4 atom stereocenters. The molecular formula is C40H41N5O8Si. The molecule has 1 saturated heterocycles. The second-order valence-corrected chi connectivity index (χ2v) is 18.5. The Morgan fingerprint density at radius 2 is 1.72 bits per heavy atom. The zero-order chi connectivity index (χ0) is 38.4. The van der Waals surface area contributed by atoms with Crippen LogP contribution < -0.4 is 10.5 Å². The number of nitro benzene ring substituents is 1. The number of carbonyl (C=O) groups excluding carboxylic acids is 2. The van der Waals surface area contributed by atoms with Crippen LogP contribution in [0, 0.1) is 16.0 Å². The molecule has 0 aliphatic carbocycles. The SMILES string of the molecule is C[C@H]1[C@H]([Si](C)(C)O)[C@@H](CC(=O)N(CCO)Cc2ccccc2)O[C@]12C(=O)N(Cc1cccc(-n3ncc4ccccc4c3=O)c1)c1ccc([N+](=O)[O-])cc12. The van der Waals surface area contributed by atoms with Gasteiger partial charge < -0.3 is 24.4 Å². The minimum atomic E-state index is -3.18. The average Bonchev–Trinajstić information content (AvgIpc) is 3.57. The normalized spacial score (nSPS) is 20.8. The molecule has 278 valence electrons. The van der Waals surface area contributed by atoms with Crippen molar-refractivity contribution in [3.8, 4) is 5.69 Å². The molecule has 2 aliphatic heterocycles. The van der Waals surface area contributed by atoms with Crippen LogP contribution in [0.2, 0.25) is 18.6 Å². The molecule has 2 aliphatic rings. The molecular weight excluding hydrogens is 707 g/mol. The average molecular weight is 748 g/mol. The number of non-ortho nitro benzene ring substituents is 1. The van der Waals surface area contributed by atoms with Crippen molar-refractivity contribution in [2.45, 2.75) is 56.8 Å². The first-order valence-electron chi connectivity index (χ1n) is 17.8. The quantitative estimate of drug-likeness (QED) is 0.107. The van der Waals surface area contributed by atoms with Crippen LogP contribution in [0.3, 0.4) is 0 Å². The van der Waals surface area contributed by atoms with Crippen LogP contribution in [-0.2, 0) is 33.0 Å². The van der Waals surface area contributed by atoms with Gasteiger partial charge in [0.15, 0.2) is 13.9 Å². The number of aromatic nitrogens is 2. The molecule has 7 rings (SSSR count). The number of nitrogens with zero attached hydrogens (tertiary/aromatic N) is 5. The second-order valence-electron chi connectivity index (χ2n) is 14.6. The lowest BCUT2D eigenvalue weighted by atomic mass is 9.82. The highest BCUT2D eigenvalue weighted by Crippen LogP contribution is 2.60. The van der Waals surface area contributed by atoms with Crippen molar-refractivity contribution in [2.24, 2.45) is 5.92 Å². The van der Waals surface area contributed by atoms with Crippen molar-refractivity contribution < 1.29 is 29.2 Å². The molecule has 0 bridgehead atoms. The van der Waals surface area contributed by atoms with E-state index in [1.54, 1.807) is 56.5 Å². The standard InChI is InChI=1S/C40H41N5O8Si/c1-26-37(54(2,3)52)35(22-36(47)42(18-19-46)24-27-10-5-4-6-11-27)53-40(26)33-21-31(45(50)51)16-17-34(33)43(39(40)49)25-28-12-9-14-30(20-28)44-38(48)32-15-8-7-13-29(32)23-41-44/h4-17,20-21,23,26,35,37,46,52H,18-19,22,24-25H2,1-3H3/t26-,35+,37-,40+/m0/s1. The van der Waals surface area contributed by atoms with Gasteiger partial charge in [0, 0.05) is 47.6 Å². The lowest BCUT2D eigenvalue weighted by Crippen LogP contribution is -2.46. The van der Waals surface area contributed by atoms with Crippen molar-refractivity contribution in [1.29, 1.82) is 0 Å². The van der Waals surface area contributed by atoms with E-state index in [1.165, 1.54) is 32.7 Å². The number of aliphatic hydroxyl groups is 1. The maximum atomic E-state index is 15.0. The minimum Gasteiger partial charge on any atom is -0.432 e. The van der Waals surface area contributed by atoms with E-state index >= 15 is 0 Å². The Bertz CT molecular complexity index is 2310. The molecule has 2 N–H and O–H groups in total. The van der Waals surface area contributed by atoms with Crippen molar-refractivity contribution in [1.82, 2.24) is 14.7 Å². The van der Waals surface area contributed by atoms with E-state index in [1.807, 2.05) is 48.5 Å². The van der Waals surface area contributed by atoms with E-state index in [2.05, 4.69) is 5.10 Å². The van der Waals surface area contributed by atoms with Crippen LogP contribution in [-0.4, -0.2) is 68.9 Å². The summed E-state index contributed by atoms with van der Waals surface area (Å²) in [6, 6.07) is 27.9. The van der Waals surface area contributed by atoms with Crippen molar-refractivity contribution in [3.63, 3.8) is 0 Å². The van der Waals surface area contributed by atoms with E-state index in [4.69, 9.17) is 4.74 Å². The molecule has 1 fully saturated rings. The summed E-state index contributed by atoms with van der Waals surface area (Å²) >= 11 is 0. The Balaban J connectivity index is 1.25. The number of aliphatic hydroxyl groups excluding tert-OH is 1. The molecule has 1 spiro atoms. The van der Waals surface area contributed by atoms with E-state index in [-0.39, 0.29) is 49.8 Å². The van der Waals surface area contributed by atoms with Gasteiger partial charge in [-0.2, -0.15) is 9.78 Å². The van der Waals surface area contributed by atoms with Gasteiger partial charge in [-0.15, -0.1) is 0 Å². The number of hydrogen-bond donors (Lipinski definition) is 2. The molecule has 14 heteroatoms. The second kappa shape index (κ2) is 14.4. The summed E-state index contributed by atoms with van der Waals surface area (Å²) in [6.07, 6.45) is 0.544. The first kappa shape index (κ1) is 36.8. The molecule has 54 heavy (non-hydrogen) atoms. The fourth-order valence-electron chi connectivity index (χ4n) is 8.30. The Labute approximate surface area is 312 Å². The first-order chi connectivity index (χ1) is 25.8. The molecule has 4 aromatic carbocycles. The predicted octanol–water partition coefficient (Wildman–Crippen LogP) is 5.05. The molecule has 0 unspecified atom stereocenters. The van der Waals surface area contributed by atoms with Gasteiger partial charge in [-0.3, -0.25) is 24.5 Å². The summed E-state index contributed by atoms with van der Waals surface area (Å²) < 4.78 is 8.10. The van der Waals surface area contributed by atoms with Crippen LogP contribution in [0.5, 0.6) is 0 Å². The third kappa shape index (κ3) is 6.51. The van der Waals surface area contributed by atoms with E-state index in [0.717, 1.165) is 5.56 Å². The number of nitro groups is 1. The molecule has 0 radical (unpaired) electrons. The van der Waals surface area contributed by atoms with Gasteiger partial charge in [0.1, 0.15) is 0 Å². The third-order valence-electron chi connectivity index (χ3n) is 10.7. The maximum Gasteiger partial charge on any atom is 0.279 e. The molecule has 0 saturated carbocycles. The van der Waals surface area contributed by atoms with E-state index in [9.17, 15) is 34.4 Å². The number of anilines is 1. The van der Waals surface area contributed by atoms with Crippen molar-refractivity contribution in [3.05, 3.63) is 140 Å². The smallest absolute Gasteiger partial charge is 0.279 e. The number of benzene rings is 4.